The first kappa shape index (κ1) is 10.3. The molecule has 0 aliphatic heterocycles. The van der Waals surface area contributed by atoms with Crippen molar-refractivity contribution in [3.05, 3.63) is 0 Å². The van der Waals surface area contributed by atoms with Gasteiger partial charge in [0.25, 0.3) is 0 Å². The zero-order valence-corrected chi connectivity index (χ0v) is 7.74. The Morgan fingerprint density at radius 1 is 1.00 bits per heavy atom. The van der Waals surface area contributed by atoms with Crippen molar-refractivity contribution in [2.45, 2.75) is 24.4 Å². The van der Waals surface area contributed by atoms with E-state index in [-0.39, 0.29) is 0 Å². The van der Waals surface area contributed by atoms with E-state index in [1.807, 2.05) is 0 Å². The zero-order chi connectivity index (χ0) is 12.6. The van der Waals surface area contributed by atoms with Crippen LogP contribution in [-0.2, 0) is 9.47 Å². The molecular formula is C8H18O6. The van der Waals surface area contributed by atoms with Gasteiger partial charge < -0.3 is 29.9 Å². The SMILES string of the molecule is [2H]CO[C@@H]([C@H](OC[2H])[C@H](O)CO)[C@H](O)CO. The Balaban J connectivity index is 4.63. The van der Waals surface area contributed by atoms with Crippen LogP contribution in [0.2, 0.25) is 0 Å². The molecule has 0 aliphatic carbocycles. The van der Waals surface area contributed by atoms with Crippen molar-refractivity contribution in [1.82, 2.24) is 0 Å². The van der Waals surface area contributed by atoms with Crippen molar-refractivity contribution in [2.75, 3.05) is 27.4 Å². The highest BCUT2D eigenvalue weighted by atomic mass is 16.5. The molecule has 0 spiro atoms. The Bertz CT molecular complexity index is 155. The van der Waals surface area contributed by atoms with Crippen molar-refractivity contribution >= 4 is 0 Å². The molecule has 6 nitrogen and oxygen atoms in total. The lowest BCUT2D eigenvalue weighted by atomic mass is 10.0. The van der Waals surface area contributed by atoms with Crippen LogP contribution in [0.15, 0.2) is 0 Å². The molecule has 14 heavy (non-hydrogen) atoms. The summed E-state index contributed by atoms with van der Waals surface area (Å²) in [6, 6.07) is 0. The lowest BCUT2D eigenvalue weighted by molar-refractivity contribution is -0.149. The Morgan fingerprint density at radius 2 is 1.36 bits per heavy atom. The van der Waals surface area contributed by atoms with Crippen LogP contribution >= 0.6 is 0 Å². The van der Waals surface area contributed by atoms with Crippen molar-refractivity contribution in [3.8, 4) is 0 Å². The fraction of sp³-hybridized carbons (Fsp3) is 1.00. The molecule has 4 N–H and O–H groups in total. The second-order valence-corrected chi connectivity index (χ2v) is 2.76. The van der Waals surface area contributed by atoms with E-state index in [0.717, 1.165) is 0 Å². The Hall–Kier alpha value is -0.240. The summed E-state index contributed by atoms with van der Waals surface area (Å²) in [6.45, 7) is -1.28. The third kappa shape index (κ3) is 3.49. The van der Waals surface area contributed by atoms with Crippen LogP contribution in [0.5, 0.6) is 0 Å². The van der Waals surface area contributed by atoms with Crippen molar-refractivity contribution in [1.29, 1.82) is 0 Å². The molecule has 0 saturated carbocycles. The van der Waals surface area contributed by atoms with E-state index >= 15 is 0 Å². The minimum atomic E-state index is -1.36. The predicted octanol–water partition coefficient (Wildman–Crippen LogP) is -2.28. The highest BCUT2D eigenvalue weighted by Gasteiger charge is 2.33. The van der Waals surface area contributed by atoms with E-state index in [9.17, 15) is 10.2 Å². The second-order valence-electron chi connectivity index (χ2n) is 2.76. The summed E-state index contributed by atoms with van der Waals surface area (Å²) in [5, 5.41) is 36.3. The summed E-state index contributed by atoms with van der Waals surface area (Å²) in [7, 11) is -1.00. The first-order chi connectivity index (χ1) is 7.62. The largest absolute Gasteiger partial charge is 0.394 e. The van der Waals surface area contributed by atoms with Crippen molar-refractivity contribution < 1.29 is 32.6 Å². The molecule has 0 aromatic carbocycles. The standard InChI is InChI=1S/C8H18O6/c1-13-7(5(11)3-9)8(14-2)6(12)4-10/h5-12H,3-4H2,1-2H3/t5-,6-,7-,8-/m1/s1/i1D,2D. The van der Waals surface area contributed by atoms with Crippen LogP contribution < -0.4 is 0 Å². The molecule has 0 amide bonds. The quantitative estimate of drug-likeness (QED) is 0.379. The fourth-order valence-electron chi connectivity index (χ4n) is 1.06. The Kier molecular flexibility index (Phi) is 5.22. The topological polar surface area (TPSA) is 99.4 Å². The maximum atomic E-state index is 9.40. The lowest BCUT2D eigenvalue weighted by Crippen LogP contribution is -2.49. The van der Waals surface area contributed by atoms with Gasteiger partial charge >= 0.3 is 0 Å². The van der Waals surface area contributed by atoms with Gasteiger partial charge in [-0.05, 0) is 0 Å². The van der Waals surface area contributed by atoms with Crippen LogP contribution in [0.25, 0.3) is 0 Å². The molecule has 6 heteroatoms. The van der Waals surface area contributed by atoms with Crippen molar-refractivity contribution in [3.63, 3.8) is 0 Å². The lowest BCUT2D eigenvalue weighted by Gasteiger charge is -2.30. The third-order valence-electron chi connectivity index (χ3n) is 1.84. The average Bonchev–Trinajstić information content (AvgIpc) is 2.31. The molecule has 4 atom stereocenters. The molecule has 0 radical (unpaired) electrons. The molecule has 0 fully saturated rings. The number of hydrogen-bond acceptors (Lipinski definition) is 6. The number of ether oxygens (including phenoxy) is 2. The van der Waals surface area contributed by atoms with Gasteiger partial charge in [-0.2, -0.15) is 0 Å². The first-order valence-corrected chi connectivity index (χ1v) is 4.01. The van der Waals surface area contributed by atoms with Gasteiger partial charge in [-0.15, -0.1) is 0 Å². The predicted molar refractivity (Wildman–Crippen MR) is 47.8 cm³/mol. The van der Waals surface area contributed by atoms with E-state index in [4.69, 9.17) is 22.4 Å². The molecule has 0 aliphatic rings. The number of aliphatic hydroxyl groups excluding tert-OH is 4. The molecular weight excluding hydrogens is 192 g/mol. The Labute approximate surface area is 85.5 Å². The summed E-state index contributed by atoms with van der Waals surface area (Å²) in [4.78, 5) is 0. The van der Waals surface area contributed by atoms with E-state index in [1.54, 1.807) is 0 Å². The second kappa shape index (κ2) is 7.10. The van der Waals surface area contributed by atoms with Gasteiger partial charge in [0.1, 0.15) is 24.4 Å². The first-order valence-electron chi connectivity index (χ1n) is 5.43. The maximum absolute atomic E-state index is 9.40. The van der Waals surface area contributed by atoms with E-state index in [2.05, 4.69) is 0 Å². The summed E-state index contributed by atoms with van der Waals surface area (Å²) in [6.07, 6.45) is -5.06. The normalized spacial score (nSPS) is 22.0. The molecule has 0 heterocycles. The van der Waals surface area contributed by atoms with Crippen LogP contribution in [0, 0.1) is 0 Å². The van der Waals surface area contributed by atoms with Gasteiger partial charge in [0.2, 0.25) is 0 Å². The summed E-state index contributed by atoms with van der Waals surface area (Å²) in [5.41, 5.74) is 0. The van der Waals surface area contributed by atoms with Crippen molar-refractivity contribution in [2.24, 2.45) is 0 Å². The van der Waals surface area contributed by atoms with Gasteiger partial charge in [0, 0.05) is 14.2 Å². The number of aliphatic hydroxyl groups is 4. The smallest absolute Gasteiger partial charge is 0.114 e. The number of rotatable bonds is 7. The summed E-state index contributed by atoms with van der Waals surface area (Å²) >= 11 is 0. The molecule has 0 unspecified atom stereocenters. The van der Waals surface area contributed by atoms with Crippen LogP contribution in [-0.4, -0.2) is 72.2 Å². The molecule has 0 aromatic heterocycles. The highest BCUT2D eigenvalue weighted by Crippen LogP contribution is 2.11. The van der Waals surface area contributed by atoms with Gasteiger partial charge in [-0.25, -0.2) is 0 Å². The van der Waals surface area contributed by atoms with Crippen LogP contribution in [0.3, 0.4) is 0 Å². The average molecular weight is 212 g/mol. The van der Waals surface area contributed by atoms with E-state index in [0.29, 0.717) is 0 Å². The minimum Gasteiger partial charge on any atom is -0.394 e. The monoisotopic (exact) mass is 212 g/mol. The molecule has 86 valence electrons. The van der Waals surface area contributed by atoms with E-state index in [1.165, 1.54) is 0 Å². The third-order valence-corrected chi connectivity index (χ3v) is 1.84. The summed E-state index contributed by atoms with van der Waals surface area (Å²) in [5.74, 6) is 0. The maximum Gasteiger partial charge on any atom is 0.114 e. The van der Waals surface area contributed by atoms with Gasteiger partial charge in [-0.1, -0.05) is 0 Å². The fourth-order valence-corrected chi connectivity index (χ4v) is 1.06. The van der Waals surface area contributed by atoms with Crippen LogP contribution in [0.1, 0.15) is 2.74 Å². The highest BCUT2D eigenvalue weighted by molar-refractivity contribution is 4.82. The summed E-state index contributed by atoms with van der Waals surface area (Å²) < 4.78 is 23.3. The molecule has 0 bridgehead atoms. The molecule has 0 rings (SSSR count). The molecule has 0 saturated heterocycles. The van der Waals surface area contributed by atoms with E-state index < -0.39 is 51.8 Å². The van der Waals surface area contributed by atoms with Crippen LogP contribution in [0.4, 0.5) is 0 Å². The zero-order valence-electron chi connectivity index (χ0n) is 9.74. The van der Waals surface area contributed by atoms with Gasteiger partial charge in [0.05, 0.1) is 16.0 Å². The Morgan fingerprint density at radius 3 is 1.57 bits per heavy atom. The van der Waals surface area contributed by atoms with Gasteiger partial charge in [0.15, 0.2) is 0 Å². The van der Waals surface area contributed by atoms with Gasteiger partial charge in [-0.3, -0.25) is 0 Å². The molecule has 0 aromatic rings. The number of methoxy groups -OCH3 is 2. The minimum absolute atomic E-state index is 0.502. The number of hydrogen-bond donors (Lipinski definition) is 4.